The number of benzene rings is 1. The first-order chi connectivity index (χ1) is 17.2. The summed E-state index contributed by atoms with van der Waals surface area (Å²) in [6.45, 7) is 9.85. The highest BCUT2D eigenvalue weighted by atomic mass is 32.1. The minimum atomic E-state index is -0.0546. The molecule has 0 unspecified atom stereocenters. The molecule has 1 saturated heterocycles. The zero-order valence-corrected chi connectivity index (χ0v) is 22.5. The number of carbonyl (C=O) groups is 1. The second kappa shape index (κ2) is 9.88. The molecule has 3 heterocycles. The molecule has 3 aromatic rings. The van der Waals surface area contributed by atoms with E-state index in [1.165, 1.54) is 10.4 Å². The number of hydrogen-bond acceptors (Lipinski definition) is 6. The Morgan fingerprint density at radius 2 is 2.00 bits per heavy atom. The Morgan fingerprint density at radius 3 is 2.72 bits per heavy atom. The number of anilines is 1. The molecule has 1 N–H and O–H groups in total. The number of piperazine rings is 1. The van der Waals surface area contributed by atoms with E-state index in [1.54, 1.807) is 18.4 Å². The fourth-order valence-corrected chi connectivity index (χ4v) is 6.81. The Kier molecular flexibility index (Phi) is 6.81. The molecule has 36 heavy (non-hydrogen) atoms. The number of nitrogens with one attached hydrogen (secondary N) is 1. The minimum Gasteiger partial charge on any atom is -0.497 e. The van der Waals surface area contributed by atoms with Gasteiger partial charge in [-0.15, -0.1) is 11.3 Å². The second-order valence-electron chi connectivity index (χ2n) is 11.1. The molecule has 7 nitrogen and oxygen atoms in total. The Labute approximate surface area is 216 Å². The number of rotatable bonds is 5. The topological polar surface area (TPSA) is 78.5 Å². The summed E-state index contributed by atoms with van der Waals surface area (Å²) in [6.07, 6.45) is 3.89. The van der Waals surface area contributed by atoms with E-state index in [-0.39, 0.29) is 16.9 Å². The number of thiophene rings is 1. The van der Waals surface area contributed by atoms with Crippen molar-refractivity contribution in [3.05, 3.63) is 50.9 Å². The van der Waals surface area contributed by atoms with Crippen LogP contribution in [0, 0.1) is 11.3 Å². The van der Waals surface area contributed by atoms with Crippen molar-refractivity contribution in [2.24, 2.45) is 11.3 Å². The average molecular weight is 509 g/mol. The first-order valence-electron chi connectivity index (χ1n) is 12.9. The van der Waals surface area contributed by atoms with Gasteiger partial charge in [-0.05, 0) is 48.3 Å². The third-order valence-corrected chi connectivity index (χ3v) is 8.97. The maximum atomic E-state index is 13.0. The Hall–Kier alpha value is -2.87. The fourth-order valence-electron chi connectivity index (χ4n) is 5.49. The molecule has 0 radical (unpaired) electrons. The van der Waals surface area contributed by atoms with Gasteiger partial charge in [-0.2, -0.15) is 0 Å². The summed E-state index contributed by atoms with van der Waals surface area (Å²) in [5.41, 5.74) is 2.52. The summed E-state index contributed by atoms with van der Waals surface area (Å²) < 4.78 is 5.33. The molecule has 1 atom stereocenters. The van der Waals surface area contributed by atoms with Gasteiger partial charge in [0.1, 0.15) is 16.4 Å². The van der Waals surface area contributed by atoms with Gasteiger partial charge in [-0.3, -0.25) is 9.59 Å². The number of carbonyl (C=O) groups excluding carboxylic acids is 1. The number of hydrogen-bond donors (Lipinski definition) is 1. The molecule has 1 fully saturated rings. The van der Waals surface area contributed by atoms with Gasteiger partial charge in [0.15, 0.2) is 0 Å². The van der Waals surface area contributed by atoms with E-state index in [4.69, 9.17) is 9.72 Å². The van der Waals surface area contributed by atoms with Gasteiger partial charge in [0.25, 0.3) is 5.56 Å². The monoisotopic (exact) mass is 508 g/mol. The van der Waals surface area contributed by atoms with Gasteiger partial charge in [0, 0.05) is 55.7 Å². The highest BCUT2D eigenvalue weighted by molar-refractivity contribution is 7.18. The molecule has 1 aromatic carbocycles. The zero-order valence-electron chi connectivity index (χ0n) is 21.7. The molecule has 2 aliphatic rings. The van der Waals surface area contributed by atoms with Gasteiger partial charge >= 0.3 is 0 Å². The van der Waals surface area contributed by atoms with Crippen LogP contribution >= 0.6 is 11.3 Å². The highest BCUT2D eigenvalue weighted by Crippen LogP contribution is 2.42. The zero-order chi connectivity index (χ0) is 25.4. The average Bonchev–Trinajstić information content (AvgIpc) is 3.25. The Balaban J connectivity index is 1.21. The van der Waals surface area contributed by atoms with Crippen LogP contribution in [0.5, 0.6) is 5.75 Å². The molecule has 1 amide bonds. The summed E-state index contributed by atoms with van der Waals surface area (Å²) >= 11 is 1.67. The maximum Gasteiger partial charge on any atom is 0.259 e. The lowest BCUT2D eigenvalue weighted by molar-refractivity contribution is -0.131. The molecule has 0 saturated carbocycles. The summed E-state index contributed by atoms with van der Waals surface area (Å²) in [6, 6.07) is 8.03. The third-order valence-electron chi connectivity index (χ3n) is 7.82. The molecular formula is C28H36N4O3S. The molecule has 1 aliphatic carbocycles. The van der Waals surface area contributed by atoms with E-state index in [0.29, 0.717) is 37.7 Å². The van der Waals surface area contributed by atoms with Gasteiger partial charge in [0.2, 0.25) is 5.91 Å². The van der Waals surface area contributed by atoms with Crippen molar-refractivity contribution in [3.8, 4) is 5.75 Å². The van der Waals surface area contributed by atoms with Crippen molar-refractivity contribution in [1.82, 2.24) is 14.9 Å². The van der Waals surface area contributed by atoms with Crippen LogP contribution in [-0.4, -0.2) is 54.1 Å². The predicted octanol–water partition coefficient (Wildman–Crippen LogP) is 4.43. The number of ether oxygens (including phenoxy) is 1. The van der Waals surface area contributed by atoms with Crippen LogP contribution in [0.4, 0.5) is 5.69 Å². The maximum absolute atomic E-state index is 13.0. The molecule has 0 spiro atoms. The van der Waals surface area contributed by atoms with Crippen LogP contribution in [0.1, 0.15) is 49.9 Å². The fraction of sp³-hybridized carbons (Fsp3) is 0.536. The molecule has 1 aliphatic heterocycles. The van der Waals surface area contributed by atoms with Crippen LogP contribution in [0.2, 0.25) is 0 Å². The highest BCUT2D eigenvalue weighted by Gasteiger charge is 2.31. The molecule has 0 bridgehead atoms. The standard InChI is InChI=1S/C28H36N4O3S/c1-28(2,3)18-8-9-21-22(16-18)36-27-25(21)26(34)29-23(30-27)10-11-24(33)32-14-12-31(13-15-32)19-6-5-7-20(17-19)35-4/h5-7,17-18H,8-16H2,1-4H3,(H,29,30,34)/t18-/m1/s1. The number of aryl methyl sites for hydroxylation is 2. The van der Waals surface area contributed by atoms with E-state index >= 15 is 0 Å². The quantitative estimate of drug-likeness (QED) is 0.552. The second-order valence-corrected chi connectivity index (χ2v) is 12.2. The van der Waals surface area contributed by atoms with Gasteiger partial charge < -0.3 is 19.5 Å². The number of aromatic nitrogens is 2. The summed E-state index contributed by atoms with van der Waals surface area (Å²) in [5, 5.41) is 0.770. The molecular weight excluding hydrogens is 472 g/mol. The summed E-state index contributed by atoms with van der Waals surface area (Å²) in [4.78, 5) is 40.0. The van der Waals surface area contributed by atoms with Crippen molar-refractivity contribution in [3.63, 3.8) is 0 Å². The van der Waals surface area contributed by atoms with Crippen molar-refractivity contribution < 1.29 is 9.53 Å². The first kappa shape index (κ1) is 24.8. The van der Waals surface area contributed by atoms with E-state index in [1.807, 2.05) is 23.1 Å². The van der Waals surface area contributed by atoms with Crippen molar-refractivity contribution in [2.75, 3.05) is 38.2 Å². The summed E-state index contributed by atoms with van der Waals surface area (Å²) in [5.74, 6) is 2.19. The van der Waals surface area contributed by atoms with Gasteiger partial charge in [-0.25, -0.2) is 4.98 Å². The lowest BCUT2D eigenvalue weighted by Crippen LogP contribution is -2.48. The molecule has 2 aromatic heterocycles. The number of amides is 1. The number of methoxy groups -OCH3 is 1. The molecule has 192 valence electrons. The summed E-state index contributed by atoms with van der Waals surface area (Å²) in [7, 11) is 1.67. The third kappa shape index (κ3) is 5.01. The Morgan fingerprint density at radius 1 is 1.22 bits per heavy atom. The van der Waals surface area contributed by atoms with Crippen molar-refractivity contribution in [2.45, 2.75) is 52.9 Å². The Bertz CT molecular complexity index is 1310. The number of fused-ring (bicyclic) bond motifs is 3. The van der Waals surface area contributed by atoms with E-state index < -0.39 is 0 Å². The largest absolute Gasteiger partial charge is 0.497 e. The van der Waals surface area contributed by atoms with Crippen LogP contribution in [0.25, 0.3) is 10.2 Å². The predicted molar refractivity (Wildman–Crippen MR) is 145 cm³/mol. The van der Waals surface area contributed by atoms with Crippen LogP contribution < -0.4 is 15.2 Å². The van der Waals surface area contributed by atoms with E-state index in [9.17, 15) is 9.59 Å². The molecule has 8 heteroatoms. The van der Waals surface area contributed by atoms with Crippen molar-refractivity contribution >= 4 is 33.1 Å². The normalized spacial score (nSPS) is 18.4. The van der Waals surface area contributed by atoms with Gasteiger partial charge in [0.05, 0.1) is 12.5 Å². The van der Waals surface area contributed by atoms with Crippen LogP contribution in [-0.2, 0) is 24.1 Å². The van der Waals surface area contributed by atoms with Crippen molar-refractivity contribution in [1.29, 1.82) is 0 Å². The van der Waals surface area contributed by atoms with Gasteiger partial charge in [-0.1, -0.05) is 26.8 Å². The number of nitrogens with zero attached hydrogens (tertiary/aromatic N) is 3. The molecule has 5 rings (SSSR count). The van der Waals surface area contributed by atoms with Crippen LogP contribution in [0.15, 0.2) is 29.1 Å². The SMILES string of the molecule is COc1cccc(N2CCN(C(=O)CCc3nc4sc5c(c4c(=O)[nH]3)CC[C@@H](C(C)(C)C)C5)CC2)c1. The van der Waals surface area contributed by atoms with E-state index in [0.717, 1.165) is 54.0 Å². The minimum absolute atomic E-state index is 0.0546. The first-order valence-corrected chi connectivity index (χ1v) is 13.7. The lowest BCUT2D eigenvalue weighted by atomic mass is 9.72. The number of aromatic amines is 1. The van der Waals surface area contributed by atoms with Crippen LogP contribution in [0.3, 0.4) is 0 Å². The smallest absolute Gasteiger partial charge is 0.259 e. The number of H-pyrrole nitrogens is 1. The van der Waals surface area contributed by atoms with E-state index in [2.05, 4.69) is 36.7 Å². The lowest BCUT2D eigenvalue weighted by Gasteiger charge is -2.36.